The second kappa shape index (κ2) is 6.27. The molecule has 1 heterocycles. The smallest absolute Gasteiger partial charge is 0.273 e. The van der Waals surface area contributed by atoms with Gasteiger partial charge >= 0.3 is 0 Å². The van der Waals surface area contributed by atoms with Crippen molar-refractivity contribution in [2.75, 3.05) is 12.8 Å². The first-order valence-electron chi connectivity index (χ1n) is 7.19. The fourth-order valence-electron chi connectivity index (χ4n) is 2.31. The summed E-state index contributed by atoms with van der Waals surface area (Å²) in [7, 11) is 1.53. The Balaban J connectivity index is 2.04. The van der Waals surface area contributed by atoms with Gasteiger partial charge in [0.25, 0.3) is 5.91 Å². The number of nitrogen functional groups attached to an aromatic ring is 1. The first-order valence-corrected chi connectivity index (χ1v) is 7.19. The molecule has 3 rings (SSSR count). The van der Waals surface area contributed by atoms with Crippen LogP contribution in [0.4, 0.5) is 5.82 Å². The number of hydrogen-bond acceptors (Lipinski definition) is 4. The molecular weight excluding hydrogens is 288 g/mol. The number of anilines is 1. The van der Waals surface area contributed by atoms with E-state index in [1.165, 1.54) is 7.05 Å². The van der Waals surface area contributed by atoms with Gasteiger partial charge in [-0.2, -0.15) is 0 Å². The molecule has 0 fully saturated rings. The van der Waals surface area contributed by atoms with Crippen LogP contribution in [0.2, 0.25) is 0 Å². The number of benzene rings is 2. The Hall–Kier alpha value is -3.21. The maximum absolute atomic E-state index is 11.8. The summed E-state index contributed by atoms with van der Waals surface area (Å²) >= 11 is 0. The number of carbonyl (C=O) groups excluding carboxylic acids is 1. The monoisotopic (exact) mass is 304 g/mol. The van der Waals surface area contributed by atoms with Gasteiger partial charge in [0.15, 0.2) is 11.5 Å². The lowest BCUT2D eigenvalue weighted by atomic mass is 10.0. The highest BCUT2D eigenvalue weighted by Gasteiger charge is 2.13. The molecule has 23 heavy (non-hydrogen) atoms. The fraction of sp³-hybridized carbons (Fsp3) is 0.0556. The molecule has 0 radical (unpaired) electrons. The second-order valence-corrected chi connectivity index (χ2v) is 5.02. The average molecular weight is 304 g/mol. The van der Waals surface area contributed by atoms with Crippen LogP contribution in [0.5, 0.6) is 0 Å². The molecule has 0 unspecified atom stereocenters. The van der Waals surface area contributed by atoms with Crippen LogP contribution in [0.15, 0.2) is 60.8 Å². The molecule has 0 saturated carbocycles. The van der Waals surface area contributed by atoms with Crippen molar-refractivity contribution in [3.63, 3.8) is 0 Å². The lowest BCUT2D eigenvalue weighted by Crippen LogP contribution is -2.21. The van der Waals surface area contributed by atoms with E-state index in [0.717, 1.165) is 16.7 Å². The molecule has 0 bridgehead atoms. The van der Waals surface area contributed by atoms with Crippen LogP contribution in [0.25, 0.3) is 22.4 Å². The van der Waals surface area contributed by atoms with Gasteiger partial charge in [0, 0.05) is 12.6 Å². The molecule has 0 atom stereocenters. The van der Waals surface area contributed by atoms with E-state index in [4.69, 9.17) is 5.73 Å². The molecule has 0 spiro atoms. The van der Waals surface area contributed by atoms with E-state index in [9.17, 15) is 4.79 Å². The predicted octanol–water partition coefficient (Wildman–Crippen LogP) is 2.75. The van der Waals surface area contributed by atoms with Gasteiger partial charge in [0.2, 0.25) is 0 Å². The molecule has 0 saturated heterocycles. The van der Waals surface area contributed by atoms with Gasteiger partial charge in [-0.15, -0.1) is 0 Å². The zero-order chi connectivity index (χ0) is 16.2. The number of aromatic nitrogens is 2. The number of nitrogens with one attached hydrogen (secondary N) is 1. The van der Waals surface area contributed by atoms with E-state index >= 15 is 0 Å². The van der Waals surface area contributed by atoms with Gasteiger partial charge < -0.3 is 11.1 Å². The van der Waals surface area contributed by atoms with E-state index in [-0.39, 0.29) is 17.4 Å². The average Bonchev–Trinajstić information content (AvgIpc) is 2.62. The van der Waals surface area contributed by atoms with Crippen molar-refractivity contribution < 1.29 is 4.79 Å². The van der Waals surface area contributed by atoms with Crippen molar-refractivity contribution >= 4 is 11.7 Å². The Labute approximate surface area is 134 Å². The summed E-state index contributed by atoms with van der Waals surface area (Å²) in [5.74, 6) is -0.233. The quantitative estimate of drug-likeness (QED) is 0.779. The minimum atomic E-state index is -0.351. The van der Waals surface area contributed by atoms with Crippen molar-refractivity contribution in [1.29, 1.82) is 0 Å². The summed E-state index contributed by atoms with van der Waals surface area (Å²) in [5.41, 5.74) is 9.54. The van der Waals surface area contributed by atoms with Crippen molar-refractivity contribution in [3.8, 4) is 22.4 Å². The standard InChI is InChI=1S/C18H16N4O/c1-20-18(23)16-17(19)21-11-15(22-16)14-9-5-8-13(10-14)12-6-3-2-4-7-12/h2-11H,1H3,(H2,19,21)(H,20,23). The van der Waals surface area contributed by atoms with Crippen LogP contribution in [0.1, 0.15) is 10.5 Å². The maximum atomic E-state index is 11.8. The number of carbonyl (C=O) groups is 1. The van der Waals surface area contributed by atoms with E-state index < -0.39 is 0 Å². The zero-order valence-electron chi connectivity index (χ0n) is 12.7. The Morgan fingerprint density at radius 1 is 1.00 bits per heavy atom. The molecule has 3 aromatic rings. The Morgan fingerprint density at radius 2 is 1.70 bits per heavy atom. The van der Waals surface area contributed by atoms with Crippen LogP contribution in [-0.4, -0.2) is 22.9 Å². The number of hydrogen-bond donors (Lipinski definition) is 2. The van der Waals surface area contributed by atoms with Gasteiger partial charge in [-0.05, 0) is 17.2 Å². The van der Waals surface area contributed by atoms with Crippen molar-refractivity contribution in [2.45, 2.75) is 0 Å². The molecule has 5 heteroatoms. The summed E-state index contributed by atoms with van der Waals surface area (Å²) in [5, 5.41) is 2.52. The Morgan fingerprint density at radius 3 is 2.43 bits per heavy atom. The third kappa shape index (κ3) is 3.03. The second-order valence-electron chi connectivity index (χ2n) is 5.02. The maximum Gasteiger partial charge on any atom is 0.273 e. The van der Waals surface area contributed by atoms with Gasteiger partial charge in [0.1, 0.15) is 0 Å². The van der Waals surface area contributed by atoms with Crippen LogP contribution in [0.3, 0.4) is 0 Å². The minimum Gasteiger partial charge on any atom is -0.382 e. The highest BCUT2D eigenvalue weighted by Crippen LogP contribution is 2.25. The molecular formula is C18H16N4O. The molecule has 1 aromatic heterocycles. The molecule has 1 amide bonds. The summed E-state index contributed by atoms with van der Waals surface area (Å²) in [6, 6.07) is 18.0. The van der Waals surface area contributed by atoms with E-state index in [0.29, 0.717) is 5.69 Å². The zero-order valence-corrected chi connectivity index (χ0v) is 12.7. The number of rotatable bonds is 3. The SMILES string of the molecule is CNC(=O)c1nc(-c2cccc(-c3ccccc3)c2)cnc1N. The molecule has 5 nitrogen and oxygen atoms in total. The van der Waals surface area contributed by atoms with Crippen LogP contribution in [-0.2, 0) is 0 Å². The molecule has 0 aliphatic rings. The Bertz CT molecular complexity index is 847. The highest BCUT2D eigenvalue weighted by atomic mass is 16.1. The molecule has 114 valence electrons. The van der Waals surface area contributed by atoms with Gasteiger partial charge in [0.05, 0.1) is 11.9 Å². The van der Waals surface area contributed by atoms with Crippen molar-refractivity contribution in [2.24, 2.45) is 0 Å². The lowest BCUT2D eigenvalue weighted by Gasteiger charge is -2.08. The van der Waals surface area contributed by atoms with Crippen LogP contribution in [0, 0.1) is 0 Å². The topological polar surface area (TPSA) is 80.9 Å². The van der Waals surface area contributed by atoms with E-state index in [2.05, 4.69) is 15.3 Å². The van der Waals surface area contributed by atoms with E-state index in [1.807, 2.05) is 54.6 Å². The minimum absolute atomic E-state index is 0.118. The fourth-order valence-corrected chi connectivity index (χ4v) is 2.31. The summed E-state index contributed by atoms with van der Waals surface area (Å²) in [4.78, 5) is 20.2. The van der Waals surface area contributed by atoms with Crippen molar-refractivity contribution in [1.82, 2.24) is 15.3 Å². The predicted molar refractivity (Wildman–Crippen MR) is 90.7 cm³/mol. The molecule has 0 aliphatic carbocycles. The van der Waals surface area contributed by atoms with Crippen LogP contribution >= 0.6 is 0 Å². The van der Waals surface area contributed by atoms with Crippen molar-refractivity contribution in [3.05, 3.63) is 66.5 Å². The summed E-state index contributed by atoms with van der Waals surface area (Å²) in [6.45, 7) is 0. The first-order chi connectivity index (χ1) is 11.2. The van der Waals surface area contributed by atoms with Crippen LogP contribution < -0.4 is 11.1 Å². The number of nitrogens with zero attached hydrogens (tertiary/aromatic N) is 2. The number of nitrogens with two attached hydrogens (primary N) is 1. The summed E-state index contributed by atoms with van der Waals surface area (Å²) < 4.78 is 0. The lowest BCUT2D eigenvalue weighted by molar-refractivity contribution is 0.0959. The molecule has 2 aromatic carbocycles. The summed E-state index contributed by atoms with van der Waals surface area (Å²) in [6.07, 6.45) is 1.58. The third-order valence-corrected chi connectivity index (χ3v) is 3.51. The third-order valence-electron chi connectivity index (χ3n) is 3.51. The highest BCUT2D eigenvalue weighted by molar-refractivity contribution is 5.96. The Kier molecular flexibility index (Phi) is 4.01. The number of amides is 1. The van der Waals surface area contributed by atoms with E-state index in [1.54, 1.807) is 6.20 Å². The van der Waals surface area contributed by atoms with Gasteiger partial charge in [-0.3, -0.25) is 4.79 Å². The van der Waals surface area contributed by atoms with Gasteiger partial charge in [-0.1, -0.05) is 48.5 Å². The van der Waals surface area contributed by atoms with Gasteiger partial charge in [-0.25, -0.2) is 9.97 Å². The molecule has 3 N–H and O–H groups in total. The largest absolute Gasteiger partial charge is 0.382 e. The molecule has 0 aliphatic heterocycles. The first kappa shape index (κ1) is 14.7. The normalized spacial score (nSPS) is 10.3.